The summed E-state index contributed by atoms with van der Waals surface area (Å²) in [5.74, 6) is 0.267. The summed E-state index contributed by atoms with van der Waals surface area (Å²) in [4.78, 5) is 0. The second kappa shape index (κ2) is 6.68. The molecule has 1 N–H and O–H groups in total. The summed E-state index contributed by atoms with van der Waals surface area (Å²) in [5.41, 5.74) is 0.618. The molecule has 18 heavy (non-hydrogen) atoms. The van der Waals surface area contributed by atoms with Gasteiger partial charge in [0.15, 0.2) is 0 Å². The zero-order valence-corrected chi connectivity index (χ0v) is 10.4. The first-order valence-corrected chi connectivity index (χ1v) is 6.02. The van der Waals surface area contributed by atoms with Gasteiger partial charge in [0.1, 0.15) is 11.6 Å². The van der Waals surface area contributed by atoms with Crippen molar-refractivity contribution in [2.75, 3.05) is 33.5 Å². The predicted octanol–water partition coefficient (Wildman–Crippen LogP) is 1.34. The monoisotopic (exact) mass is 255 g/mol. The fourth-order valence-electron chi connectivity index (χ4n) is 1.82. The van der Waals surface area contributed by atoms with E-state index in [0.717, 1.165) is 0 Å². The number of benzene rings is 1. The van der Waals surface area contributed by atoms with Crippen LogP contribution in [0.1, 0.15) is 5.56 Å². The Morgan fingerprint density at radius 2 is 2.33 bits per heavy atom. The second-order valence-electron chi connectivity index (χ2n) is 4.16. The molecule has 0 bridgehead atoms. The predicted molar refractivity (Wildman–Crippen MR) is 65.2 cm³/mol. The van der Waals surface area contributed by atoms with E-state index in [1.54, 1.807) is 12.1 Å². The fraction of sp³-hybridized carbons (Fsp3) is 0.538. The van der Waals surface area contributed by atoms with Crippen molar-refractivity contribution in [2.45, 2.75) is 12.6 Å². The molecule has 0 aromatic heterocycles. The third-order valence-corrected chi connectivity index (χ3v) is 2.83. The summed E-state index contributed by atoms with van der Waals surface area (Å²) < 4.78 is 29.3. The van der Waals surface area contributed by atoms with Crippen molar-refractivity contribution in [3.63, 3.8) is 0 Å². The molecular formula is C13H18FNO3. The van der Waals surface area contributed by atoms with E-state index >= 15 is 0 Å². The molecule has 0 spiro atoms. The second-order valence-corrected chi connectivity index (χ2v) is 4.16. The molecule has 0 saturated carbocycles. The largest absolute Gasteiger partial charge is 0.497 e. The Morgan fingerprint density at radius 3 is 3.00 bits per heavy atom. The van der Waals surface area contributed by atoms with Gasteiger partial charge in [-0.15, -0.1) is 0 Å². The molecule has 1 aliphatic rings. The Labute approximate surface area is 106 Å². The standard InChI is InChI=1S/C13H18FNO3/c1-16-11-3-2-10(13(14)6-11)7-15-8-12-9-17-4-5-18-12/h2-3,6,12,15H,4-5,7-9H2,1H3. The molecule has 2 rings (SSSR count). The van der Waals surface area contributed by atoms with Crippen LogP contribution < -0.4 is 10.1 Å². The SMILES string of the molecule is COc1ccc(CNCC2COCCO2)c(F)c1. The first-order chi connectivity index (χ1) is 8.79. The van der Waals surface area contributed by atoms with Crippen LogP contribution in [-0.4, -0.2) is 39.6 Å². The van der Waals surface area contributed by atoms with E-state index in [1.165, 1.54) is 13.2 Å². The van der Waals surface area contributed by atoms with Crippen molar-refractivity contribution >= 4 is 0 Å². The molecule has 0 aliphatic carbocycles. The molecule has 0 amide bonds. The van der Waals surface area contributed by atoms with Crippen molar-refractivity contribution in [3.8, 4) is 5.75 Å². The van der Waals surface area contributed by atoms with Crippen molar-refractivity contribution in [1.82, 2.24) is 5.32 Å². The van der Waals surface area contributed by atoms with Gasteiger partial charge >= 0.3 is 0 Å². The molecule has 1 aliphatic heterocycles. The number of nitrogens with one attached hydrogen (secondary N) is 1. The molecular weight excluding hydrogens is 237 g/mol. The van der Waals surface area contributed by atoms with Crippen LogP contribution in [0.3, 0.4) is 0 Å². The van der Waals surface area contributed by atoms with Gasteiger partial charge in [-0.3, -0.25) is 0 Å². The lowest BCUT2D eigenvalue weighted by Crippen LogP contribution is -2.37. The maximum absolute atomic E-state index is 13.6. The van der Waals surface area contributed by atoms with Crippen LogP contribution in [0.4, 0.5) is 4.39 Å². The van der Waals surface area contributed by atoms with E-state index in [0.29, 0.717) is 44.2 Å². The Bertz CT molecular complexity index is 380. The molecule has 4 nitrogen and oxygen atoms in total. The fourth-order valence-corrected chi connectivity index (χ4v) is 1.82. The van der Waals surface area contributed by atoms with Crippen molar-refractivity contribution < 1.29 is 18.6 Å². The van der Waals surface area contributed by atoms with Gasteiger partial charge in [0.2, 0.25) is 0 Å². The normalized spacial score (nSPS) is 19.8. The van der Waals surface area contributed by atoms with Gasteiger partial charge in [-0.05, 0) is 6.07 Å². The van der Waals surface area contributed by atoms with Gasteiger partial charge in [0.05, 0.1) is 33.0 Å². The molecule has 5 heteroatoms. The summed E-state index contributed by atoms with van der Waals surface area (Å²) in [6, 6.07) is 4.86. The molecule has 1 unspecified atom stereocenters. The van der Waals surface area contributed by atoms with E-state index in [4.69, 9.17) is 14.2 Å². The van der Waals surface area contributed by atoms with Crippen molar-refractivity contribution in [1.29, 1.82) is 0 Å². The van der Waals surface area contributed by atoms with E-state index in [-0.39, 0.29) is 11.9 Å². The first-order valence-electron chi connectivity index (χ1n) is 6.02. The minimum absolute atomic E-state index is 0.0556. The van der Waals surface area contributed by atoms with Gasteiger partial charge in [-0.1, -0.05) is 6.07 Å². The maximum atomic E-state index is 13.6. The molecule has 1 heterocycles. The Hall–Kier alpha value is -1.17. The average molecular weight is 255 g/mol. The van der Waals surface area contributed by atoms with Gasteiger partial charge in [-0.2, -0.15) is 0 Å². The smallest absolute Gasteiger partial charge is 0.131 e. The summed E-state index contributed by atoms with van der Waals surface area (Å²) >= 11 is 0. The molecule has 1 aromatic carbocycles. The van der Waals surface area contributed by atoms with Crippen LogP contribution in [0.15, 0.2) is 18.2 Å². The summed E-state index contributed by atoms with van der Waals surface area (Å²) in [7, 11) is 1.52. The van der Waals surface area contributed by atoms with Crippen molar-refractivity contribution in [3.05, 3.63) is 29.6 Å². The third kappa shape index (κ3) is 3.66. The number of hydrogen-bond donors (Lipinski definition) is 1. The zero-order chi connectivity index (χ0) is 12.8. The first kappa shape index (κ1) is 13.3. The van der Waals surface area contributed by atoms with Crippen LogP contribution in [0.25, 0.3) is 0 Å². The molecule has 1 saturated heterocycles. The molecule has 1 fully saturated rings. The zero-order valence-electron chi connectivity index (χ0n) is 10.4. The molecule has 1 atom stereocenters. The summed E-state index contributed by atoms with van der Waals surface area (Å²) in [6.45, 7) is 3.01. The summed E-state index contributed by atoms with van der Waals surface area (Å²) in [6.07, 6.45) is 0.0556. The topological polar surface area (TPSA) is 39.7 Å². The number of rotatable bonds is 5. The van der Waals surface area contributed by atoms with Gasteiger partial charge in [-0.25, -0.2) is 4.39 Å². The highest BCUT2D eigenvalue weighted by molar-refractivity contribution is 5.28. The highest BCUT2D eigenvalue weighted by Crippen LogP contribution is 2.16. The van der Waals surface area contributed by atoms with Gasteiger partial charge < -0.3 is 19.5 Å². The summed E-state index contributed by atoms with van der Waals surface area (Å²) in [5, 5.41) is 3.16. The van der Waals surface area contributed by atoms with E-state index in [2.05, 4.69) is 5.32 Å². The molecule has 1 aromatic rings. The number of halogens is 1. The van der Waals surface area contributed by atoms with Crippen LogP contribution in [-0.2, 0) is 16.0 Å². The lowest BCUT2D eigenvalue weighted by molar-refractivity contribution is -0.0864. The average Bonchev–Trinajstić information content (AvgIpc) is 2.42. The van der Waals surface area contributed by atoms with Crippen LogP contribution in [0, 0.1) is 5.82 Å². The molecule has 0 radical (unpaired) electrons. The van der Waals surface area contributed by atoms with Gasteiger partial charge in [0, 0.05) is 24.7 Å². The minimum Gasteiger partial charge on any atom is -0.497 e. The van der Waals surface area contributed by atoms with Crippen LogP contribution >= 0.6 is 0 Å². The Kier molecular flexibility index (Phi) is 4.92. The number of methoxy groups -OCH3 is 1. The Morgan fingerprint density at radius 1 is 1.44 bits per heavy atom. The van der Waals surface area contributed by atoms with Crippen LogP contribution in [0.5, 0.6) is 5.75 Å². The third-order valence-electron chi connectivity index (χ3n) is 2.83. The maximum Gasteiger partial charge on any atom is 0.131 e. The lowest BCUT2D eigenvalue weighted by atomic mass is 10.2. The van der Waals surface area contributed by atoms with E-state index in [1.807, 2.05) is 0 Å². The molecule has 100 valence electrons. The Balaban J connectivity index is 1.79. The highest BCUT2D eigenvalue weighted by atomic mass is 19.1. The van der Waals surface area contributed by atoms with E-state index in [9.17, 15) is 4.39 Å². The van der Waals surface area contributed by atoms with E-state index < -0.39 is 0 Å². The lowest BCUT2D eigenvalue weighted by Gasteiger charge is -2.23. The van der Waals surface area contributed by atoms with Crippen molar-refractivity contribution in [2.24, 2.45) is 0 Å². The minimum atomic E-state index is -0.261. The van der Waals surface area contributed by atoms with Gasteiger partial charge in [0.25, 0.3) is 0 Å². The van der Waals surface area contributed by atoms with Crippen LogP contribution in [0.2, 0.25) is 0 Å². The number of ether oxygens (including phenoxy) is 3. The number of hydrogen-bond acceptors (Lipinski definition) is 4. The quantitative estimate of drug-likeness (QED) is 0.862. The highest BCUT2D eigenvalue weighted by Gasteiger charge is 2.13.